The number of piperazine rings is 1. The molecule has 1 fully saturated rings. The van der Waals surface area contributed by atoms with Crippen molar-refractivity contribution in [2.24, 2.45) is 5.41 Å². The standard InChI is InChI=1S/C22H27N3O4/c1-4-16-8-5-6-9-17(16)23-20(27)22(2,3)21(28)25-13-11-24(12-14-25)19(26)18-10-7-15-29-18/h5-10,15H,4,11-14H2,1-3H3,(H,23,27). The first-order chi connectivity index (χ1) is 13.8. The number of hydrogen-bond acceptors (Lipinski definition) is 4. The van der Waals surface area contributed by atoms with Crippen LogP contribution in [0.4, 0.5) is 5.69 Å². The minimum absolute atomic E-state index is 0.185. The largest absolute Gasteiger partial charge is 0.459 e. The van der Waals surface area contributed by atoms with E-state index in [2.05, 4.69) is 5.32 Å². The van der Waals surface area contributed by atoms with E-state index in [-0.39, 0.29) is 17.7 Å². The van der Waals surface area contributed by atoms with Crippen LogP contribution in [0.3, 0.4) is 0 Å². The summed E-state index contributed by atoms with van der Waals surface area (Å²) < 4.78 is 5.16. The molecule has 0 unspecified atom stereocenters. The summed E-state index contributed by atoms with van der Waals surface area (Å²) in [5, 5.41) is 2.90. The van der Waals surface area contributed by atoms with E-state index in [0.29, 0.717) is 31.9 Å². The van der Waals surface area contributed by atoms with Gasteiger partial charge in [0.2, 0.25) is 11.8 Å². The number of nitrogens with zero attached hydrogens (tertiary/aromatic N) is 2. The number of rotatable bonds is 5. The molecule has 7 heteroatoms. The molecular formula is C22H27N3O4. The first-order valence-corrected chi connectivity index (χ1v) is 9.86. The van der Waals surface area contributed by atoms with Crippen molar-refractivity contribution < 1.29 is 18.8 Å². The Bertz CT molecular complexity index is 881. The Balaban J connectivity index is 1.62. The molecular weight excluding hydrogens is 370 g/mol. The number of nitrogens with one attached hydrogen (secondary N) is 1. The number of furan rings is 1. The lowest BCUT2D eigenvalue weighted by Crippen LogP contribution is -2.55. The van der Waals surface area contributed by atoms with Crippen molar-refractivity contribution >= 4 is 23.4 Å². The summed E-state index contributed by atoms with van der Waals surface area (Å²) in [5.41, 5.74) is 0.539. The van der Waals surface area contributed by atoms with Crippen LogP contribution in [-0.2, 0) is 16.0 Å². The smallest absolute Gasteiger partial charge is 0.289 e. The molecule has 0 atom stereocenters. The van der Waals surface area contributed by atoms with Crippen LogP contribution in [-0.4, -0.2) is 53.7 Å². The highest BCUT2D eigenvalue weighted by Gasteiger charge is 2.40. The number of benzene rings is 1. The summed E-state index contributed by atoms with van der Waals surface area (Å²) in [6.45, 7) is 6.87. The van der Waals surface area contributed by atoms with Crippen LogP contribution in [0.5, 0.6) is 0 Å². The summed E-state index contributed by atoms with van der Waals surface area (Å²) in [6, 6.07) is 10.9. The van der Waals surface area contributed by atoms with Crippen molar-refractivity contribution in [2.45, 2.75) is 27.2 Å². The molecule has 1 aromatic heterocycles. The normalized spacial score (nSPS) is 14.6. The molecule has 29 heavy (non-hydrogen) atoms. The highest BCUT2D eigenvalue weighted by Crippen LogP contribution is 2.25. The number of para-hydroxylation sites is 1. The van der Waals surface area contributed by atoms with Gasteiger partial charge in [-0.2, -0.15) is 0 Å². The molecule has 1 N–H and O–H groups in total. The third-order valence-corrected chi connectivity index (χ3v) is 5.33. The number of aryl methyl sites for hydroxylation is 1. The van der Waals surface area contributed by atoms with Gasteiger partial charge in [-0.3, -0.25) is 14.4 Å². The molecule has 0 radical (unpaired) electrons. The monoisotopic (exact) mass is 397 g/mol. The van der Waals surface area contributed by atoms with Gasteiger partial charge in [-0.15, -0.1) is 0 Å². The lowest BCUT2D eigenvalue weighted by molar-refractivity contribution is -0.147. The Morgan fingerprint density at radius 2 is 1.66 bits per heavy atom. The van der Waals surface area contributed by atoms with Crippen LogP contribution in [0.25, 0.3) is 0 Å². The second-order valence-corrected chi connectivity index (χ2v) is 7.65. The third kappa shape index (κ3) is 4.34. The summed E-state index contributed by atoms with van der Waals surface area (Å²) in [6.07, 6.45) is 2.25. The van der Waals surface area contributed by atoms with E-state index in [1.165, 1.54) is 6.26 Å². The molecule has 1 saturated heterocycles. The fraction of sp³-hybridized carbons (Fsp3) is 0.409. The van der Waals surface area contributed by atoms with Gasteiger partial charge in [0.25, 0.3) is 5.91 Å². The van der Waals surface area contributed by atoms with Crippen LogP contribution in [0.1, 0.15) is 36.9 Å². The molecule has 154 valence electrons. The molecule has 3 amide bonds. The lowest BCUT2D eigenvalue weighted by Gasteiger charge is -2.37. The summed E-state index contributed by atoms with van der Waals surface area (Å²) >= 11 is 0. The average molecular weight is 397 g/mol. The molecule has 0 spiro atoms. The van der Waals surface area contributed by atoms with Crippen LogP contribution in [0.15, 0.2) is 47.1 Å². The number of hydrogen-bond donors (Lipinski definition) is 1. The quantitative estimate of drug-likeness (QED) is 0.787. The van der Waals surface area contributed by atoms with Gasteiger partial charge in [0, 0.05) is 31.9 Å². The second kappa shape index (κ2) is 8.51. The number of amides is 3. The van der Waals surface area contributed by atoms with Gasteiger partial charge in [-0.05, 0) is 44.0 Å². The Morgan fingerprint density at radius 1 is 1.00 bits per heavy atom. The minimum Gasteiger partial charge on any atom is -0.459 e. The Hall–Kier alpha value is -3.09. The van der Waals surface area contributed by atoms with E-state index in [1.807, 2.05) is 31.2 Å². The first-order valence-electron chi connectivity index (χ1n) is 9.86. The van der Waals surface area contributed by atoms with Crippen molar-refractivity contribution in [3.63, 3.8) is 0 Å². The van der Waals surface area contributed by atoms with Gasteiger partial charge in [-0.25, -0.2) is 0 Å². The number of anilines is 1. The predicted octanol–water partition coefficient (Wildman–Crippen LogP) is 2.79. The molecule has 2 aromatic rings. The summed E-state index contributed by atoms with van der Waals surface area (Å²) in [4.78, 5) is 41.6. The lowest BCUT2D eigenvalue weighted by atomic mass is 9.89. The molecule has 3 rings (SSSR count). The molecule has 2 heterocycles. The van der Waals surface area contributed by atoms with Crippen molar-refractivity contribution in [1.29, 1.82) is 0 Å². The molecule has 0 aliphatic carbocycles. The third-order valence-electron chi connectivity index (χ3n) is 5.33. The van der Waals surface area contributed by atoms with Gasteiger partial charge in [0.05, 0.1) is 6.26 Å². The van der Waals surface area contributed by atoms with Crippen molar-refractivity contribution in [1.82, 2.24) is 9.80 Å². The van der Waals surface area contributed by atoms with Gasteiger partial charge >= 0.3 is 0 Å². The molecule has 0 saturated carbocycles. The Kier molecular flexibility index (Phi) is 6.06. The average Bonchev–Trinajstić information content (AvgIpc) is 3.28. The van der Waals surface area contributed by atoms with Gasteiger partial charge < -0.3 is 19.5 Å². The van der Waals surface area contributed by atoms with E-state index in [4.69, 9.17) is 4.42 Å². The fourth-order valence-electron chi connectivity index (χ4n) is 3.39. The van der Waals surface area contributed by atoms with E-state index >= 15 is 0 Å². The zero-order chi connectivity index (χ0) is 21.0. The molecule has 1 aromatic carbocycles. The molecule has 0 bridgehead atoms. The van der Waals surface area contributed by atoms with E-state index < -0.39 is 5.41 Å². The zero-order valence-electron chi connectivity index (χ0n) is 17.1. The fourth-order valence-corrected chi connectivity index (χ4v) is 3.39. The van der Waals surface area contributed by atoms with Gasteiger partial charge in [-0.1, -0.05) is 25.1 Å². The molecule has 1 aliphatic heterocycles. The minimum atomic E-state index is -1.21. The topological polar surface area (TPSA) is 82.9 Å². The zero-order valence-corrected chi connectivity index (χ0v) is 17.1. The van der Waals surface area contributed by atoms with Crippen molar-refractivity contribution in [3.05, 3.63) is 54.0 Å². The van der Waals surface area contributed by atoms with E-state index in [9.17, 15) is 14.4 Å². The van der Waals surface area contributed by atoms with E-state index in [1.54, 1.807) is 35.8 Å². The van der Waals surface area contributed by atoms with E-state index in [0.717, 1.165) is 17.7 Å². The number of carbonyl (C=O) groups is 3. The first kappa shape index (κ1) is 20.6. The van der Waals surface area contributed by atoms with Crippen molar-refractivity contribution in [2.75, 3.05) is 31.5 Å². The van der Waals surface area contributed by atoms with Crippen LogP contribution >= 0.6 is 0 Å². The maximum absolute atomic E-state index is 13.1. The molecule has 1 aliphatic rings. The van der Waals surface area contributed by atoms with Crippen molar-refractivity contribution in [3.8, 4) is 0 Å². The van der Waals surface area contributed by atoms with Crippen LogP contribution in [0.2, 0.25) is 0 Å². The summed E-state index contributed by atoms with van der Waals surface area (Å²) in [5.74, 6) is -0.471. The Morgan fingerprint density at radius 3 is 2.28 bits per heavy atom. The maximum atomic E-state index is 13.1. The van der Waals surface area contributed by atoms with Crippen LogP contribution in [0, 0.1) is 5.41 Å². The van der Waals surface area contributed by atoms with Crippen LogP contribution < -0.4 is 5.32 Å². The molecule has 7 nitrogen and oxygen atoms in total. The van der Waals surface area contributed by atoms with Gasteiger partial charge in [0.15, 0.2) is 5.76 Å². The highest BCUT2D eigenvalue weighted by atomic mass is 16.3. The highest BCUT2D eigenvalue weighted by molar-refractivity contribution is 6.10. The summed E-state index contributed by atoms with van der Waals surface area (Å²) in [7, 11) is 0. The van der Waals surface area contributed by atoms with Gasteiger partial charge in [0.1, 0.15) is 5.41 Å². The number of carbonyl (C=O) groups excluding carboxylic acids is 3. The Labute approximate surface area is 170 Å². The maximum Gasteiger partial charge on any atom is 0.289 e. The predicted molar refractivity (Wildman–Crippen MR) is 109 cm³/mol. The second-order valence-electron chi connectivity index (χ2n) is 7.65. The SMILES string of the molecule is CCc1ccccc1NC(=O)C(C)(C)C(=O)N1CCN(C(=O)c2ccco2)CC1.